The van der Waals surface area contributed by atoms with Gasteiger partial charge in [-0.2, -0.15) is 4.98 Å². The predicted octanol–water partition coefficient (Wildman–Crippen LogP) is 2.04. The van der Waals surface area contributed by atoms with E-state index in [1.54, 1.807) is 0 Å². The van der Waals surface area contributed by atoms with Gasteiger partial charge in [-0.05, 0) is 11.6 Å². The second-order valence-electron chi connectivity index (χ2n) is 6.14. The normalized spacial score (nSPS) is 15.9. The quantitative estimate of drug-likeness (QED) is 0.846. The lowest BCUT2D eigenvalue weighted by molar-refractivity contribution is 0.214. The van der Waals surface area contributed by atoms with Crippen LogP contribution in [0.25, 0.3) is 0 Å². The average molecular weight is 330 g/mol. The van der Waals surface area contributed by atoms with Crippen LogP contribution in [-0.4, -0.2) is 35.4 Å². The summed E-state index contributed by atoms with van der Waals surface area (Å²) >= 11 is 0. The van der Waals surface area contributed by atoms with Gasteiger partial charge in [0.05, 0.1) is 6.54 Å². The molecule has 7 heteroatoms. The van der Waals surface area contributed by atoms with Crippen LogP contribution in [0, 0.1) is 0 Å². The van der Waals surface area contributed by atoms with Crippen molar-refractivity contribution in [2.24, 2.45) is 0 Å². The summed E-state index contributed by atoms with van der Waals surface area (Å²) in [6.07, 6.45) is 1.31. The number of fused-ring (bicyclic) bond motifs is 1. The largest absolute Gasteiger partial charge is 0.488 e. The summed E-state index contributed by atoms with van der Waals surface area (Å²) in [5, 5.41) is 9.50. The van der Waals surface area contributed by atoms with Gasteiger partial charge in [0.2, 0.25) is 5.89 Å². The zero-order valence-corrected chi connectivity index (χ0v) is 13.9. The lowest BCUT2D eigenvalue weighted by atomic mass is 10.1. The number of carbonyl (C=O) groups excluding carboxylic acids is 1. The highest BCUT2D eigenvalue weighted by atomic mass is 16.5. The number of urea groups is 1. The highest BCUT2D eigenvalue weighted by Gasteiger charge is 2.22. The van der Waals surface area contributed by atoms with E-state index in [1.807, 2.05) is 38.1 Å². The van der Waals surface area contributed by atoms with Gasteiger partial charge in [0.1, 0.15) is 11.9 Å². The number of aromatic nitrogens is 2. The van der Waals surface area contributed by atoms with Crippen molar-refractivity contribution in [3.8, 4) is 5.75 Å². The zero-order valence-electron chi connectivity index (χ0n) is 13.9. The maximum Gasteiger partial charge on any atom is 0.314 e. The molecule has 24 heavy (non-hydrogen) atoms. The standard InChI is InChI=1S/C17H22N4O3/c1-11(2)16-20-15(24-21-16)7-8-18-17(22)19-10-13-9-12-5-3-4-6-14(12)23-13/h3-6,11,13H,7-10H2,1-2H3,(H2,18,19,22)/t13-/m0/s1. The molecule has 0 radical (unpaired) electrons. The number of nitrogens with one attached hydrogen (secondary N) is 2. The number of para-hydroxylation sites is 1. The Labute approximate surface area is 140 Å². The molecule has 1 aromatic heterocycles. The van der Waals surface area contributed by atoms with Gasteiger partial charge in [-0.1, -0.05) is 37.2 Å². The van der Waals surface area contributed by atoms with E-state index in [0.717, 1.165) is 12.2 Å². The van der Waals surface area contributed by atoms with Gasteiger partial charge < -0.3 is 19.9 Å². The fraction of sp³-hybridized carbons (Fsp3) is 0.471. The van der Waals surface area contributed by atoms with Gasteiger partial charge in [0.15, 0.2) is 5.82 Å². The summed E-state index contributed by atoms with van der Waals surface area (Å²) in [6.45, 7) is 4.92. The smallest absolute Gasteiger partial charge is 0.314 e. The third kappa shape index (κ3) is 4.04. The van der Waals surface area contributed by atoms with Crippen LogP contribution in [0.2, 0.25) is 0 Å². The van der Waals surface area contributed by atoms with Crippen molar-refractivity contribution >= 4 is 6.03 Å². The van der Waals surface area contributed by atoms with E-state index in [2.05, 4.69) is 20.8 Å². The monoisotopic (exact) mass is 330 g/mol. The molecule has 0 bridgehead atoms. The Bertz CT molecular complexity index is 674. The van der Waals surface area contributed by atoms with E-state index < -0.39 is 0 Å². The molecule has 2 amide bonds. The minimum absolute atomic E-state index is 0.0160. The number of carbonyl (C=O) groups is 1. The van der Waals surface area contributed by atoms with Gasteiger partial charge >= 0.3 is 6.03 Å². The van der Waals surface area contributed by atoms with Crippen molar-refractivity contribution in [2.45, 2.75) is 38.7 Å². The Balaban J connectivity index is 1.35. The highest BCUT2D eigenvalue weighted by Crippen LogP contribution is 2.27. The molecule has 3 rings (SSSR count). The summed E-state index contributed by atoms with van der Waals surface area (Å²) in [7, 11) is 0. The second kappa shape index (κ2) is 7.33. The van der Waals surface area contributed by atoms with Crippen molar-refractivity contribution in [2.75, 3.05) is 13.1 Å². The first kappa shape index (κ1) is 16.3. The van der Waals surface area contributed by atoms with E-state index in [-0.39, 0.29) is 18.1 Å². The first-order valence-electron chi connectivity index (χ1n) is 8.20. The maximum atomic E-state index is 11.8. The molecule has 1 aliphatic rings. The number of hydrogen-bond donors (Lipinski definition) is 2. The fourth-order valence-corrected chi connectivity index (χ4v) is 2.52. The SMILES string of the molecule is CC(C)c1noc(CCNC(=O)NC[C@@H]2Cc3ccccc3O2)n1. The number of rotatable bonds is 6. The molecular weight excluding hydrogens is 308 g/mol. The van der Waals surface area contributed by atoms with Gasteiger partial charge in [0, 0.05) is 25.3 Å². The maximum absolute atomic E-state index is 11.8. The van der Waals surface area contributed by atoms with Crippen molar-refractivity contribution in [3.05, 3.63) is 41.5 Å². The third-order valence-corrected chi connectivity index (χ3v) is 3.83. The van der Waals surface area contributed by atoms with Crippen LogP contribution in [0.3, 0.4) is 0 Å². The lowest BCUT2D eigenvalue weighted by Gasteiger charge is -2.12. The molecule has 1 aliphatic heterocycles. The molecule has 0 saturated carbocycles. The van der Waals surface area contributed by atoms with E-state index in [4.69, 9.17) is 9.26 Å². The molecule has 2 aromatic rings. The number of benzene rings is 1. The van der Waals surface area contributed by atoms with Crippen LogP contribution in [0.5, 0.6) is 5.75 Å². The fourth-order valence-electron chi connectivity index (χ4n) is 2.52. The van der Waals surface area contributed by atoms with E-state index in [1.165, 1.54) is 5.56 Å². The van der Waals surface area contributed by atoms with Crippen molar-refractivity contribution in [3.63, 3.8) is 0 Å². The van der Waals surface area contributed by atoms with E-state index in [9.17, 15) is 4.79 Å². The van der Waals surface area contributed by atoms with Crippen molar-refractivity contribution in [1.82, 2.24) is 20.8 Å². The van der Waals surface area contributed by atoms with Crippen LogP contribution in [-0.2, 0) is 12.8 Å². The average Bonchev–Trinajstić information content (AvgIpc) is 3.19. The summed E-state index contributed by atoms with van der Waals surface area (Å²) in [5.74, 6) is 2.36. The summed E-state index contributed by atoms with van der Waals surface area (Å²) in [4.78, 5) is 16.1. The Morgan fingerprint density at radius 3 is 2.92 bits per heavy atom. The Hall–Kier alpha value is -2.57. The molecule has 2 N–H and O–H groups in total. The Morgan fingerprint density at radius 2 is 2.17 bits per heavy atom. The minimum atomic E-state index is -0.224. The van der Waals surface area contributed by atoms with Crippen LogP contribution in [0.4, 0.5) is 4.79 Å². The minimum Gasteiger partial charge on any atom is -0.488 e. The van der Waals surface area contributed by atoms with Crippen LogP contribution in [0.1, 0.15) is 37.0 Å². The van der Waals surface area contributed by atoms with E-state index in [0.29, 0.717) is 31.2 Å². The lowest BCUT2D eigenvalue weighted by Crippen LogP contribution is -2.41. The van der Waals surface area contributed by atoms with Crippen LogP contribution < -0.4 is 15.4 Å². The topological polar surface area (TPSA) is 89.3 Å². The van der Waals surface area contributed by atoms with Gasteiger partial charge in [0.25, 0.3) is 0 Å². The summed E-state index contributed by atoms with van der Waals surface area (Å²) < 4.78 is 10.9. The second-order valence-corrected chi connectivity index (χ2v) is 6.14. The molecule has 0 unspecified atom stereocenters. The Morgan fingerprint density at radius 1 is 1.33 bits per heavy atom. The number of amides is 2. The van der Waals surface area contributed by atoms with E-state index >= 15 is 0 Å². The summed E-state index contributed by atoms with van der Waals surface area (Å²) in [5.41, 5.74) is 1.18. The molecule has 7 nitrogen and oxygen atoms in total. The molecule has 0 fully saturated rings. The first-order chi connectivity index (χ1) is 11.6. The van der Waals surface area contributed by atoms with Crippen molar-refractivity contribution < 1.29 is 14.1 Å². The number of nitrogens with zero attached hydrogens (tertiary/aromatic N) is 2. The van der Waals surface area contributed by atoms with Crippen molar-refractivity contribution in [1.29, 1.82) is 0 Å². The van der Waals surface area contributed by atoms with Gasteiger partial charge in [-0.3, -0.25) is 0 Å². The predicted molar refractivity (Wildman–Crippen MR) is 88.1 cm³/mol. The summed E-state index contributed by atoms with van der Waals surface area (Å²) in [6, 6.07) is 7.71. The van der Waals surface area contributed by atoms with Gasteiger partial charge in [-0.15, -0.1) is 0 Å². The highest BCUT2D eigenvalue weighted by molar-refractivity contribution is 5.73. The van der Waals surface area contributed by atoms with Crippen LogP contribution in [0.15, 0.2) is 28.8 Å². The molecule has 1 atom stereocenters. The Kier molecular flexibility index (Phi) is 4.98. The molecule has 0 saturated heterocycles. The molecule has 128 valence electrons. The first-order valence-corrected chi connectivity index (χ1v) is 8.20. The van der Waals surface area contributed by atoms with Gasteiger partial charge in [-0.25, -0.2) is 4.79 Å². The molecule has 1 aromatic carbocycles. The molecule has 0 aliphatic carbocycles. The zero-order chi connectivity index (χ0) is 16.9. The third-order valence-electron chi connectivity index (χ3n) is 3.83. The molecular formula is C17H22N4O3. The molecule has 2 heterocycles. The van der Waals surface area contributed by atoms with Crippen LogP contribution >= 0.6 is 0 Å². The number of ether oxygens (including phenoxy) is 1. The number of hydrogen-bond acceptors (Lipinski definition) is 5. The molecule has 0 spiro atoms.